The fraction of sp³-hybridized carbons (Fsp3) is 0.118. The van der Waals surface area contributed by atoms with Crippen LogP contribution in [0.3, 0.4) is 0 Å². The zero-order valence-electron chi connectivity index (χ0n) is 12.2. The summed E-state index contributed by atoms with van der Waals surface area (Å²) >= 11 is 0. The number of aromatic hydroxyl groups is 1. The maximum absolute atomic E-state index is 11.9. The molecule has 3 heterocycles. The highest BCUT2D eigenvalue weighted by molar-refractivity contribution is 5.97. The average Bonchev–Trinajstić information content (AvgIpc) is 3.01. The van der Waals surface area contributed by atoms with Crippen molar-refractivity contribution in [3.63, 3.8) is 0 Å². The Labute approximate surface area is 132 Å². The second-order valence-corrected chi connectivity index (χ2v) is 5.36. The van der Waals surface area contributed by atoms with E-state index in [9.17, 15) is 9.90 Å². The van der Waals surface area contributed by atoms with E-state index in [1.807, 2.05) is 6.07 Å². The van der Waals surface area contributed by atoms with Crippen LogP contribution in [-0.2, 0) is 6.42 Å². The molecular formula is C17H14N4O2. The summed E-state index contributed by atoms with van der Waals surface area (Å²) in [7, 11) is 0. The first-order valence-electron chi connectivity index (χ1n) is 7.34. The summed E-state index contributed by atoms with van der Waals surface area (Å²) in [5.74, 6) is 0.510. The molecule has 0 aliphatic carbocycles. The lowest BCUT2D eigenvalue weighted by molar-refractivity contribution is 0.0946. The zero-order chi connectivity index (χ0) is 15.8. The fourth-order valence-electron chi connectivity index (χ4n) is 2.73. The van der Waals surface area contributed by atoms with Gasteiger partial charge in [0.2, 0.25) is 0 Å². The Hall–Kier alpha value is -3.15. The van der Waals surface area contributed by atoms with Gasteiger partial charge in [0.15, 0.2) is 5.82 Å². The molecule has 0 bridgehead atoms. The molecule has 3 aromatic rings. The third-order valence-corrected chi connectivity index (χ3v) is 3.88. The number of H-pyrrole nitrogens is 1. The van der Waals surface area contributed by atoms with Crippen LogP contribution in [0.4, 0.5) is 0 Å². The fourth-order valence-corrected chi connectivity index (χ4v) is 2.73. The van der Waals surface area contributed by atoms with Gasteiger partial charge in [-0.2, -0.15) is 0 Å². The summed E-state index contributed by atoms with van der Waals surface area (Å²) in [4.78, 5) is 23.9. The minimum Gasteiger partial charge on any atom is -0.507 e. The molecule has 0 spiro atoms. The largest absolute Gasteiger partial charge is 0.507 e. The SMILES string of the molecule is O=C1NCCc2[nH]c(-c3ccnc(-c4ccccc4O)n3)cc21. The molecule has 1 aromatic carbocycles. The number of amides is 1. The molecule has 4 rings (SSSR count). The van der Waals surface area contributed by atoms with E-state index in [-0.39, 0.29) is 11.7 Å². The average molecular weight is 306 g/mol. The third kappa shape index (κ3) is 2.34. The van der Waals surface area contributed by atoms with E-state index >= 15 is 0 Å². The molecule has 23 heavy (non-hydrogen) atoms. The van der Waals surface area contributed by atoms with Gasteiger partial charge in [0, 0.05) is 24.9 Å². The maximum Gasteiger partial charge on any atom is 0.253 e. The minimum atomic E-state index is -0.0660. The van der Waals surface area contributed by atoms with E-state index in [2.05, 4.69) is 20.3 Å². The smallest absolute Gasteiger partial charge is 0.253 e. The number of benzene rings is 1. The third-order valence-electron chi connectivity index (χ3n) is 3.88. The molecule has 3 N–H and O–H groups in total. The van der Waals surface area contributed by atoms with Gasteiger partial charge in [0.1, 0.15) is 5.75 Å². The zero-order valence-corrected chi connectivity index (χ0v) is 12.2. The van der Waals surface area contributed by atoms with E-state index in [1.54, 1.807) is 36.5 Å². The van der Waals surface area contributed by atoms with E-state index in [0.717, 1.165) is 17.8 Å². The van der Waals surface area contributed by atoms with Crippen LogP contribution in [0.25, 0.3) is 22.8 Å². The highest BCUT2D eigenvalue weighted by atomic mass is 16.3. The Bertz CT molecular complexity index is 901. The van der Waals surface area contributed by atoms with Crippen LogP contribution in [0.2, 0.25) is 0 Å². The molecule has 1 amide bonds. The lowest BCUT2D eigenvalue weighted by atomic mass is 10.1. The Morgan fingerprint density at radius 3 is 2.83 bits per heavy atom. The number of nitrogens with zero attached hydrogens (tertiary/aromatic N) is 2. The van der Waals surface area contributed by atoms with E-state index in [1.165, 1.54) is 0 Å². The number of aromatic nitrogens is 3. The van der Waals surface area contributed by atoms with Crippen molar-refractivity contribution >= 4 is 5.91 Å². The van der Waals surface area contributed by atoms with E-state index in [4.69, 9.17) is 0 Å². The van der Waals surface area contributed by atoms with Crippen molar-refractivity contribution in [3.8, 4) is 28.5 Å². The number of carbonyl (C=O) groups excluding carboxylic acids is 1. The van der Waals surface area contributed by atoms with Crippen LogP contribution in [0.15, 0.2) is 42.6 Å². The number of hydrogen-bond acceptors (Lipinski definition) is 4. The molecule has 114 valence electrons. The van der Waals surface area contributed by atoms with Gasteiger partial charge in [-0.05, 0) is 24.3 Å². The standard InChI is InChI=1S/C17H14N4O2/c22-15-4-2-1-3-10(15)16-18-7-6-13(21-16)14-9-11-12(20-14)5-8-19-17(11)23/h1-4,6-7,9,20,22H,5,8H2,(H,19,23). The number of para-hydroxylation sites is 1. The summed E-state index contributed by atoms with van der Waals surface area (Å²) in [6.07, 6.45) is 2.42. The number of rotatable bonds is 2. The first kappa shape index (κ1) is 13.5. The molecule has 6 nitrogen and oxygen atoms in total. The predicted octanol–water partition coefficient (Wildman–Crippen LogP) is 2.13. The number of carbonyl (C=O) groups is 1. The van der Waals surface area contributed by atoms with Crippen molar-refractivity contribution < 1.29 is 9.90 Å². The number of phenolic OH excluding ortho intramolecular Hbond substituents is 1. The van der Waals surface area contributed by atoms with Crippen molar-refractivity contribution in [1.82, 2.24) is 20.3 Å². The first-order valence-corrected chi connectivity index (χ1v) is 7.34. The van der Waals surface area contributed by atoms with Gasteiger partial charge < -0.3 is 15.4 Å². The Morgan fingerprint density at radius 1 is 1.13 bits per heavy atom. The number of hydrogen-bond donors (Lipinski definition) is 3. The lowest BCUT2D eigenvalue weighted by Gasteiger charge is -2.10. The molecule has 1 aliphatic rings. The second kappa shape index (κ2) is 5.24. The minimum absolute atomic E-state index is 0.0660. The molecule has 0 unspecified atom stereocenters. The molecule has 0 atom stereocenters. The molecule has 0 saturated carbocycles. The number of phenols is 1. The molecule has 2 aromatic heterocycles. The van der Waals surface area contributed by atoms with Gasteiger partial charge in [-0.15, -0.1) is 0 Å². The van der Waals surface area contributed by atoms with E-state index in [0.29, 0.717) is 29.2 Å². The number of nitrogens with one attached hydrogen (secondary N) is 2. The predicted molar refractivity (Wildman–Crippen MR) is 85.0 cm³/mol. The quantitative estimate of drug-likeness (QED) is 0.676. The van der Waals surface area contributed by atoms with Gasteiger partial charge in [-0.25, -0.2) is 9.97 Å². The number of aromatic amines is 1. The summed E-state index contributed by atoms with van der Waals surface area (Å²) in [6, 6.07) is 10.5. The van der Waals surface area contributed by atoms with Gasteiger partial charge in [0.25, 0.3) is 5.91 Å². The molecule has 0 saturated heterocycles. The molecule has 0 radical (unpaired) electrons. The Kier molecular flexibility index (Phi) is 3.08. The lowest BCUT2D eigenvalue weighted by Crippen LogP contribution is -2.31. The van der Waals surface area contributed by atoms with Crippen molar-refractivity contribution in [3.05, 3.63) is 53.9 Å². The van der Waals surface area contributed by atoms with Crippen LogP contribution >= 0.6 is 0 Å². The summed E-state index contributed by atoms with van der Waals surface area (Å²) in [5.41, 5.74) is 3.61. The van der Waals surface area contributed by atoms with Crippen molar-refractivity contribution in [1.29, 1.82) is 0 Å². The molecule has 6 heteroatoms. The van der Waals surface area contributed by atoms with Gasteiger partial charge in [-0.1, -0.05) is 12.1 Å². The topological polar surface area (TPSA) is 90.9 Å². The highest BCUT2D eigenvalue weighted by Crippen LogP contribution is 2.28. The van der Waals surface area contributed by atoms with Crippen molar-refractivity contribution in [2.75, 3.05) is 6.54 Å². The monoisotopic (exact) mass is 306 g/mol. The molecule has 1 aliphatic heterocycles. The Morgan fingerprint density at radius 2 is 2.00 bits per heavy atom. The maximum atomic E-state index is 11.9. The number of fused-ring (bicyclic) bond motifs is 1. The second-order valence-electron chi connectivity index (χ2n) is 5.36. The van der Waals surface area contributed by atoms with E-state index < -0.39 is 0 Å². The Balaban J connectivity index is 1.78. The van der Waals surface area contributed by atoms with Crippen LogP contribution in [0.5, 0.6) is 5.75 Å². The molecular weight excluding hydrogens is 292 g/mol. The first-order chi connectivity index (χ1) is 11.2. The summed E-state index contributed by atoms with van der Waals surface area (Å²) in [6.45, 7) is 0.638. The van der Waals surface area contributed by atoms with Gasteiger partial charge in [0.05, 0.1) is 22.5 Å². The van der Waals surface area contributed by atoms with Gasteiger partial charge in [-0.3, -0.25) is 4.79 Å². The summed E-state index contributed by atoms with van der Waals surface area (Å²) < 4.78 is 0. The molecule has 0 fully saturated rings. The van der Waals surface area contributed by atoms with Crippen LogP contribution in [0, 0.1) is 0 Å². The van der Waals surface area contributed by atoms with Gasteiger partial charge >= 0.3 is 0 Å². The normalized spacial score (nSPS) is 13.5. The summed E-state index contributed by atoms with van der Waals surface area (Å²) in [5, 5.41) is 12.8. The van der Waals surface area contributed by atoms with Crippen LogP contribution in [0.1, 0.15) is 16.1 Å². The van der Waals surface area contributed by atoms with Crippen molar-refractivity contribution in [2.45, 2.75) is 6.42 Å². The van der Waals surface area contributed by atoms with Crippen molar-refractivity contribution in [2.24, 2.45) is 0 Å². The van der Waals surface area contributed by atoms with Crippen LogP contribution < -0.4 is 5.32 Å². The van der Waals surface area contributed by atoms with Crippen LogP contribution in [-0.4, -0.2) is 32.5 Å². The highest BCUT2D eigenvalue weighted by Gasteiger charge is 2.20.